The van der Waals surface area contributed by atoms with Crippen LogP contribution >= 0.6 is 11.6 Å². The number of benzene rings is 4. The van der Waals surface area contributed by atoms with Gasteiger partial charge in [0.1, 0.15) is 11.2 Å². The molecule has 0 bridgehead atoms. The van der Waals surface area contributed by atoms with Crippen molar-refractivity contribution < 1.29 is 9.90 Å². The highest BCUT2D eigenvalue weighted by Gasteiger charge is 2.27. The number of ketones is 1. The molecule has 4 aromatic carbocycles. The summed E-state index contributed by atoms with van der Waals surface area (Å²) < 4.78 is 1.75. The number of aromatic amines is 1. The number of aromatic hydroxyl groups is 1. The monoisotopic (exact) mass is 464 g/mol. The quantitative estimate of drug-likeness (QED) is 0.208. The molecular formula is C27H17ClN4O2. The lowest BCUT2D eigenvalue weighted by Crippen LogP contribution is -2.02. The molecule has 6 rings (SSSR count). The van der Waals surface area contributed by atoms with E-state index >= 15 is 0 Å². The zero-order valence-electron chi connectivity index (χ0n) is 17.7. The third kappa shape index (κ3) is 3.16. The van der Waals surface area contributed by atoms with Crippen molar-refractivity contribution >= 4 is 56.3 Å². The molecule has 0 amide bonds. The van der Waals surface area contributed by atoms with Crippen molar-refractivity contribution in [3.8, 4) is 5.75 Å². The van der Waals surface area contributed by atoms with Crippen molar-refractivity contribution in [1.29, 1.82) is 0 Å². The lowest BCUT2D eigenvalue weighted by Gasteiger charge is -2.10. The van der Waals surface area contributed by atoms with Crippen LogP contribution in [0.1, 0.15) is 15.9 Å². The van der Waals surface area contributed by atoms with Gasteiger partial charge in [-0.05, 0) is 41.8 Å². The highest BCUT2D eigenvalue weighted by molar-refractivity contribution is 6.30. The van der Waals surface area contributed by atoms with Crippen molar-refractivity contribution in [1.82, 2.24) is 9.38 Å². The van der Waals surface area contributed by atoms with Crippen LogP contribution in [0.15, 0.2) is 101 Å². The first-order chi connectivity index (χ1) is 16.6. The summed E-state index contributed by atoms with van der Waals surface area (Å²) in [7, 11) is 0. The van der Waals surface area contributed by atoms with Crippen molar-refractivity contribution in [2.75, 3.05) is 0 Å². The van der Waals surface area contributed by atoms with E-state index in [4.69, 9.17) is 11.6 Å². The number of carbonyl (C=O) groups is 1. The molecule has 0 aliphatic rings. The highest BCUT2D eigenvalue weighted by atomic mass is 35.5. The van der Waals surface area contributed by atoms with Gasteiger partial charge in [-0.1, -0.05) is 66.2 Å². The summed E-state index contributed by atoms with van der Waals surface area (Å²) >= 11 is 5.98. The number of azo groups is 1. The minimum absolute atomic E-state index is 0.141. The summed E-state index contributed by atoms with van der Waals surface area (Å²) in [5, 5.41) is 22.6. The predicted molar refractivity (Wildman–Crippen MR) is 134 cm³/mol. The fourth-order valence-corrected chi connectivity index (χ4v) is 4.42. The maximum Gasteiger partial charge on any atom is 0.204 e. The topological polar surface area (TPSA) is 82.2 Å². The molecule has 7 heteroatoms. The van der Waals surface area contributed by atoms with Gasteiger partial charge in [-0.15, -0.1) is 10.2 Å². The van der Waals surface area contributed by atoms with Gasteiger partial charge in [0, 0.05) is 21.5 Å². The lowest BCUT2D eigenvalue weighted by molar-refractivity contribution is 0.103. The van der Waals surface area contributed by atoms with Crippen LogP contribution in [0.2, 0.25) is 5.02 Å². The van der Waals surface area contributed by atoms with E-state index in [-0.39, 0.29) is 22.9 Å². The minimum atomic E-state index is -0.311. The number of carbonyl (C=O) groups excluding carboxylic acids is 1. The Morgan fingerprint density at radius 2 is 1.59 bits per heavy atom. The molecule has 6 nitrogen and oxygen atoms in total. The first kappa shape index (κ1) is 20.2. The average molecular weight is 465 g/mol. The Kier molecular flexibility index (Phi) is 4.67. The molecule has 164 valence electrons. The van der Waals surface area contributed by atoms with Gasteiger partial charge in [0.25, 0.3) is 0 Å². The molecule has 2 N–H and O–H groups in total. The molecule has 0 spiro atoms. The summed E-state index contributed by atoms with van der Waals surface area (Å²) in [6.07, 6.45) is 0. The standard InChI is InChI=1S/C27H17ClN4O2/c28-18-12-14-19(15-13-18)30-31-27-25(34)23(24(33)17-6-2-1-3-7-17)26-29-20-10-4-8-16-9-5-11-21(22(16)20)32(26)27/h1-15,29,34H. The number of nitrogens with one attached hydrogen (secondary N) is 1. The van der Waals surface area contributed by atoms with E-state index in [0.717, 1.165) is 21.8 Å². The number of hydrogen-bond donors (Lipinski definition) is 2. The van der Waals surface area contributed by atoms with Crippen LogP contribution in [-0.2, 0) is 0 Å². The van der Waals surface area contributed by atoms with Gasteiger partial charge >= 0.3 is 0 Å². The molecule has 2 heterocycles. The molecule has 0 fully saturated rings. The number of hydrogen-bond acceptors (Lipinski definition) is 4. The van der Waals surface area contributed by atoms with Crippen LogP contribution < -0.4 is 0 Å². The zero-order chi connectivity index (χ0) is 23.2. The van der Waals surface area contributed by atoms with Crippen molar-refractivity contribution in [2.24, 2.45) is 10.2 Å². The van der Waals surface area contributed by atoms with Crippen LogP contribution in [0.4, 0.5) is 11.5 Å². The normalized spacial score (nSPS) is 11.8. The third-order valence-corrected chi connectivity index (χ3v) is 6.10. The van der Waals surface area contributed by atoms with E-state index in [1.54, 1.807) is 52.9 Å². The molecule has 0 aliphatic carbocycles. The molecule has 0 saturated heterocycles. The van der Waals surface area contributed by atoms with Gasteiger partial charge in [-0.2, -0.15) is 0 Å². The highest BCUT2D eigenvalue weighted by Crippen LogP contribution is 2.41. The van der Waals surface area contributed by atoms with Crippen molar-refractivity contribution in [3.63, 3.8) is 0 Å². The number of fused-ring (bicyclic) bond motifs is 2. The van der Waals surface area contributed by atoms with E-state index in [1.807, 2.05) is 42.5 Å². The number of halogens is 1. The van der Waals surface area contributed by atoms with Gasteiger partial charge in [-0.25, -0.2) is 0 Å². The van der Waals surface area contributed by atoms with Crippen LogP contribution in [0.3, 0.4) is 0 Å². The Morgan fingerprint density at radius 3 is 2.35 bits per heavy atom. The SMILES string of the molecule is O=C(c1ccccc1)c1c(O)c(N=Nc2ccc(Cl)cc2)n2c1[nH]c1cccc3cccc2c31. The molecule has 6 aromatic rings. The predicted octanol–water partition coefficient (Wildman–Crippen LogP) is 7.58. The van der Waals surface area contributed by atoms with E-state index in [0.29, 0.717) is 21.9 Å². The Balaban J connectivity index is 1.69. The molecule has 2 aromatic heterocycles. The second kappa shape index (κ2) is 7.86. The smallest absolute Gasteiger partial charge is 0.204 e. The fraction of sp³-hybridized carbons (Fsp3) is 0. The average Bonchev–Trinajstić information content (AvgIpc) is 3.15. The maximum atomic E-state index is 13.5. The largest absolute Gasteiger partial charge is 0.504 e. The van der Waals surface area contributed by atoms with Crippen LogP contribution in [0, 0.1) is 0 Å². The van der Waals surface area contributed by atoms with Crippen molar-refractivity contribution in [2.45, 2.75) is 0 Å². The van der Waals surface area contributed by atoms with Gasteiger partial charge in [-0.3, -0.25) is 9.20 Å². The second-order valence-electron chi connectivity index (χ2n) is 7.91. The number of aromatic nitrogens is 2. The van der Waals surface area contributed by atoms with Crippen LogP contribution in [0.25, 0.3) is 27.5 Å². The first-order valence-corrected chi connectivity index (χ1v) is 11.0. The van der Waals surface area contributed by atoms with Crippen LogP contribution in [0.5, 0.6) is 5.75 Å². The summed E-state index contributed by atoms with van der Waals surface area (Å²) in [4.78, 5) is 16.9. The van der Waals surface area contributed by atoms with Gasteiger partial charge < -0.3 is 10.1 Å². The molecule has 34 heavy (non-hydrogen) atoms. The summed E-state index contributed by atoms with van der Waals surface area (Å²) in [5.74, 6) is -0.383. The van der Waals surface area contributed by atoms with Crippen LogP contribution in [-0.4, -0.2) is 20.3 Å². The Hall–Kier alpha value is -4.42. The zero-order valence-corrected chi connectivity index (χ0v) is 18.5. The molecule has 0 saturated carbocycles. The Labute approximate surface area is 198 Å². The molecular weight excluding hydrogens is 448 g/mol. The first-order valence-electron chi connectivity index (χ1n) is 10.7. The second-order valence-corrected chi connectivity index (χ2v) is 8.35. The number of H-pyrrole nitrogens is 1. The van der Waals surface area contributed by atoms with E-state index < -0.39 is 0 Å². The van der Waals surface area contributed by atoms with Gasteiger partial charge in [0.2, 0.25) is 11.6 Å². The number of rotatable bonds is 4. The maximum absolute atomic E-state index is 13.5. The van der Waals surface area contributed by atoms with Gasteiger partial charge in [0.15, 0.2) is 5.75 Å². The van der Waals surface area contributed by atoms with E-state index in [2.05, 4.69) is 15.2 Å². The number of nitrogens with zero attached hydrogens (tertiary/aromatic N) is 3. The van der Waals surface area contributed by atoms with Gasteiger partial charge in [0.05, 0.1) is 11.2 Å². The van der Waals surface area contributed by atoms with E-state index in [9.17, 15) is 9.90 Å². The molecule has 0 aliphatic heterocycles. The van der Waals surface area contributed by atoms with Crippen molar-refractivity contribution in [3.05, 3.63) is 107 Å². The molecule has 0 radical (unpaired) electrons. The Morgan fingerprint density at radius 1 is 0.853 bits per heavy atom. The fourth-order valence-electron chi connectivity index (χ4n) is 4.29. The van der Waals surface area contributed by atoms with E-state index in [1.165, 1.54) is 0 Å². The summed E-state index contributed by atoms with van der Waals surface area (Å²) in [5.41, 5.74) is 3.27. The minimum Gasteiger partial charge on any atom is -0.504 e. The third-order valence-electron chi connectivity index (χ3n) is 5.85. The molecule has 0 atom stereocenters. The molecule has 0 unspecified atom stereocenters. The Bertz CT molecular complexity index is 1730. The summed E-state index contributed by atoms with van der Waals surface area (Å²) in [6.45, 7) is 0. The summed E-state index contributed by atoms with van der Waals surface area (Å²) in [6, 6.07) is 27.6. The lowest BCUT2D eigenvalue weighted by atomic mass is 10.0.